The number of nitrogens with zero attached hydrogens (tertiary/aromatic N) is 2. The van der Waals surface area contributed by atoms with Crippen LogP contribution in [0.15, 0.2) is 28.6 Å². The van der Waals surface area contributed by atoms with E-state index in [9.17, 15) is 14.9 Å². The first-order valence-electron chi connectivity index (χ1n) is 8.00. The van der Waals surface area contributed by atoms with Crippen LogP contribution in [-0.2, 0) is 9.53 Å². The highest BCUT2D eigenvalue weighted by Gasteiger charge is 2.17. The first-order valence-corrected chi connectivity index (χ1v) is 9.87. The van der Waals surface area contributed by atoms with Crippen molar-refractivity contribution in [2.75, 3.05) is 12.4 Å². The molecule has 26 heavy (non-hydrogen) atoms. The standard InChI is InChI=1S/C18H19N3O3S2/c1-4-24-18(23)14-8-13(9-19)17(21-11(14)2)26-10-16(22)20-12(3)15-6-5-7-25-15/h5-8,12H,4,10H2,1-3H3,(H,20,22). The first-order chi connectivity index (χ1) is 12.5. The summed E-state index contributed by atoms with van der Waals surface area (Å²) in [6.45, 7) is 5.56. The van der Waals surface area contributed by atoms with Gasteiger partial charge < -0.3 is 10.1 Å². The highest BCUT2D eigenvalue weighted by Crippen LogP contribution is 2.24. The lowest BCUT2D eigenvalue weighted by molar-refractivity contribution is -0.119. The molecule has 0 spiro atoms. The molecule has 1 unspecified atom stereocenters. The second-order valence-corrected chi connectivity index (χ2v) is 7.34. The van der Waals surface area contributed by atoms with Crippen molar-refractivity contribution in [1.82, 2.24) is 10.3 Å². The minimum Gasteiger partial charge on any atom is -0.462 e. The molecule has 0 fully saturated rings. The molecule has 2 rings (SSSR count). The van der Waals surface area contributed by atoms with Gasteiger partial charge in [-0.15, -0.1) is 11.3 Å². The zero-order valence-electron chi connectivity index (χ0n) is 14.7. The second kappa shape index (κ2) is 9.36. The molecule has 0 radical (unpaired) electrons. The van der Waals surface area contributed by atoms with E-state index < -0.39 is 5.97 Å². The van der Waals surface area contributed by atoms with Crippen molar-refractivity contribution >= 4 is 35.0 Å². The first kappa shape index (κ1) is 19.9. The third-order valence-electron chi connectivity index (χ3n) is 3.48. The molecule has 0 aromatic carbocycles. The molecule has 0 saturated heterocycles. The zero-order chi connectivity index (χ0) is 19.1. The van der Waals surface area contributed by atoms with E-state index in [0.717, 1.165) is 4.88 Å². The monoisotopic (exact) mass is 389 g/mol. The van der Waals surface area contributed by atoms with E-state index in [2.05, 4.69) is 10.3 Å². The summed E-state index contributed by atoms with van der Waals surface area (Å²) in [6.07, 6.45) is 0. The number of carbonyl (C=O) groups is 2. The van der Waals surface area contributed by atoms with E-state index in [0.29, 0.717) is 10.7 Å². The fraction of sp³-hybridized carbons (Fsp3) is 0.333. The van der Waals surface area contributed by atoms with Crippen molar-refractivity contribution in [3.8, 4) is 6.07 Å². The number of ether oxygens (including phenoxy) is 1. The average Bonchev–Trinajstić information content (AvgIpc) is 3.15. The number of aromatic nitrogens is 1. The summed E-state index contributed by atoms with van der Waals surface area (Å²) in [5.74, 6) is -0.517. The molecule has 0 aliphatic heterocycles. The van der Waals surface area contributed by atoms with Gasteiger partial charge in [-0.2, -0.15) is 5.26 Å². The zero-order valence-corrected chi connectivity index (χ0v) is 16.4. The number of hydrogen-bond donors (Lipinski definition) is 1. The van der Waals surface area contributed by atoms with Gasteiger partial charge in [0.15, 0.2) is 0 Å². The summed E-state index contributed by atoms with van der Waals surface area (Å²) in [5.41, 5.74) is 0.989. The Morgan fingerprint density at radius 3 is 2.88 bits per heavy atom. The molecule has 1 atom stereocenters. The normalized spacial score (nSPS) is 11.5. The Morgan fingerprint density at radius 1 is 1.50 bits per heavy atom. The number of nitriles is 1. The Kier molecular flexibility index (Phi) is 7.18. The van der Waals surface area contributed by atoms with Crippen LogP contribution in [0.25, 0.3) is 0 Å². The summed E-state index contributed by atoms with van der Waals surface area (Å²) in [5, 5.41) is 14.6. The van der Waals surface area contributed by atoms with Gasteiger partial charge in [-0.25, -0.2) is 9.78 Å². The number of hydrogen-bond acceptors (Lipinski definition) is 7. The van der Waals surface area contributed by atoms with E-state index in [1.54, 1.807) is 25.2 Å². The minimum atomic E-state index is -0.506. The maximum absolute atomic E-state index is 12.2. The van der Waals surface area contributed by atoms with Crippen LogP contribution in [0.2, 0.25) is 0 Å². The Morgan fingerprint density at radius 2 is 2.27 bits per heavy atom. The summed E-state index contributed by atoms with van der Waals surface area (Å²) in [7, 11) is 0. The van der Waals surface area contributed by atoms with Gasteiger partial charge in [0.05, 0.1) is 35.2 Å². The number of carbonyl (C=O) groups excluding carboxylic acids is 2. The smallest absolute Gasteiger partial charge is 0.340 e. The van der Waals surface area contributed by atoms with Gasteiger partial charge in [0.1, 0.15) is 11.1 Å². The molecular weight excluding hydrogens is 370 g/mol. The third-order valence-corrected chi connectivity index (χ3v) is 5.53. The Balaban J connectivity index is 2.05. The summed E-state index contributed by atoms with van der Waals surface area (Å²) in [6, 6.07) is 7.33. The summed E-state index contributed by atoms with van der Waals surface area (Å²) in [4.78, 5) is 29.4. The second-order valence-electron chi connectivity index (χ2n) is 5.40. The van der Waals surface area contributed by atoms with Crippen LogP contribution >= 0.6 is 23.1 Å². The molecule has 2 aromatic heterocycles. The van der Waals surface area contributed by atoms with Crippen molar-refractivity contribution in [3.05, 3.63) is 45.3 Å². The number of pyridine rings is 1. The predicted molar refractivity (Wildman–Crippen MR) is 101 cm³/mol. The molecule has 8 heteroatoms. The predicted octanol–water partition coefficient (Wildman–Crippen LogP) is 3.47. The summed E-state index contributed by atoms with van der Waals surface area (Å²) >= 11 is 2.76. The molecule has 2 heterocycles. The average molecular weight is 390 g/mol. The number of nitrogens with one attached hydrogen (secondary N) is 1. The number of thiophene rings is 1. The number of esters is 1. The quantitative estimate of drug-likeness (QED) is 0.576. The van der Waals surface area contributed by atoms with Crippen molar-refractivity contribution in [1.29, 1.82) is 5.26 Å². The van der Waals surface area contributed by atoms with E-state index in [-0.39, 0.29) is 35.4 Å². The lowest BCUT2D eigenvalue weighted by Gasteiger charge is -2.12. The van der Waals surface area contributed by atoms with Gasteiger partial charge in [-0.1, -0.05) is 17.8 Å². The molecule has 136 valence electrons. The van der Waals surface area contributed by atoms with Crippen molar-refractivity contribution < 1.29 is 14.3 Å². The lowest BCUT2D eigenvalue weighted by Crippen LogP contribution is -2.27. The van der Waals surface area contributed by atoms with Crippen LogP contribution in [-0.4, -0.2) is 29.2 Å². The highest BCUT2D eigenvalue weighted by molar-refractivity contribution is 8.00. The largest absolute Gasteiger partial charge is 0.462 e. The highest BCUT2D eigenvalue weighted by atomic mass is 32.2. The Hall–Kier alpha value is -2.37. The molecule has 0 aliphatic rings. The number of thioether (sulfide) groups is 1. The molecule has 0 bridgehead atoms. The van der Waals surface area contributed by atoms with Gasteiger partial charge in [0.2, 0.25) is 5.91 Å². The molecule has 0 aliphatic carbocycles. The fourth-order valence-corrected chi connectivity index (χ4v) is 3.76. The third kappa shape index (κ3) is 5.07. The van der Waals surface area contributed by atoms with E-state index in [1.807, 2.05) is 30.5 Å². The van der Waals surface area contributed by atoms with Crippen molar-refractivity contribution in [3.63, 3.8) is 0 Å². The van der Waals surface area contributed by atoms with Crippen LogP contribution < -0.4 is 5.32 Å². The molecule has 6 nitrogen and oxygen atoms in total. The van der Waals surface area contributed by atoms with Crippen molar-refractivity contribution in [2.45, 2.75) is 31.8 Å². The molecule has 2 aromatic rings. The number of rotatable bonds is 7. The van der Waals surface area contributed by atoms with Gasteiger partial charge in [0, 0.05) is 4.88 Å². The lowest BCUT2D eigenvalue weighted by atomic mass is 10.1. The van der Waals surface area contributed by atoms with Crippen LogP contribution in [0.1, 0.15) is 46.4 Å². The maximum Gasteiger partial charge on any atom is 0.340 e. The van der Waals surface area contributed by atoms with Crippen LogP contribution in [0.5, 0.6) is 0 Å². The number of aryl methyl sites for hydroxylation is 1. The molecule has 0 saturated carbocycles. The van der Waals surface area contributed by atoms with Crippen LogP contribution in [0.3, 0.4) is 0 Å². The SMILES string of the molecule is CCOC(=O)c1cc(C#N)c(SCC(=O)NC(C)c2cccs2)nc1C. The molecule has 1 N–H and O–H groups in total. The summed E-state index contributed by atoms with van der Waals surface area (Å²) < 4.78 is 4.97. The van der Waals surface area contributed by atoms with Gasteiger partial charge in [0.25, 0.3) is 0 Å². The van der Waals surface area contributed by atoms with Gasteiger partial charge >= 0.3 is 5.97 Å². The Labute approximate surface area is 160 Å². The minimum absolute atomic E-state index is 0.0700. The van der Waals surface area contributed by atoms with E-state index in [4.69, 9.17) is 4.74 Å². The van der Waals surface area contributed by atoms with Gasteiger partial charge in [-0.3, -0.25) is 4.79 Å². The maximum atomic E-state index is 12.2. The van der Waals surface area contributed by atoms with Gasteiger partial charge in [-0.05, 0) is 38.3 Å². The topological polar surface area (TPSA) is 92.1 Å². The fourth-order valence-electron chi connectivity index (χ4n) is 2.21. The Bertz CT molecular complexity index is 829. The van der Waals surface area contributed by atoms with Crippen LogP contribution in [0, 0.1) is 18.3 Å². The molecular formula is C18H19N3O3S2. The van der Waals surface area contributed by atoms with Crippen LogP contribution in [0.4, 0.5) is 0 Å². The number of amides is 1. The van der Waals surface area contributed by atoms with E-state index in [1.165, 1.54) is 17.8 Å². The van der Waals surface area contributed by atoms with Crippen molar-refractivity contribution in [2.24, 2.45) is 0 Å². The van der Waals surface area contributed by atoms with E-state index >= 15 is 0 Å². The molecule has 1 amide bonds.